The second kappa shape index (κ2) is 9.04. The molecule has 0 aliphatic carbocycles. The van der Waals surface area contributed by atoms with E-state index in [1.54, 1.807) is 24.3 Å². The molecule has 0 fully saturated rings. The molecule has 2 amide bonds. The third kappa shape index (κ3) is 5.34. The quantitative estimate of drug-likeness (QED) is 0.802. The largest absolute Gasteiger partial charge is 0.494 e. The molecule has 2 aromatic rings. The second-order valence-electron chi connectivity index (χ2n) is 6.29. The first kappa shape index (κ1) is 19.5. The van der Waals surface area contributed by atoms with E-state index in [0.29, 0.717) is 17.9 Å². The number of carbonyl (C=O) groups excluding carboxylic acids is 2. The van der Waals surface area contributed by atoms with Crippen LogP contribution in [0, 0.1) is 13.8 Å². The van der Waals surface area contributed by atoms with E-state index < -0.39 is 0 Å². The van der Waals surface area contributed by atoms with Gasteiger partial charge in [0.25, 0.3) is 5.91 Å². The summed E-state index contributed by atoms with van der Waals surface area (Å²) in [6.45, 7) is 8.39. The van der Waals surface area contributed by atoms with Crippen LogP contribution in [0.15, 0.2) is 42.5 Å². The van der Waals surface area contributed by atoms with Crippen LogP contribution in [-0.2, 0) is 4.79 Å². The molecule has 0 heterocycles. The van der Waals surface area contributed by atoms with Gasteiger partial charge in [0.15, 0.2) is 0 Å². The second-order valence-corrected chi connectivity index (χ2v) is 6.29. The first-order valence-electron chi connectivity index (χ1n) is 8.78. The maximum Gasteiger partial charge on any atom is 0.251 e. The topological polar surface area (TPSA) is 67.4 Å². The Hall–Kier alpha value is -2.82. The average molecular weight is 354 g/mol. The number of carbonyl (C=O) groups is 2. The molecule has 1 unspecified atom stereocenters. The van der Waals surface area contributed by atoms with Gasteiger partial charge in [-0.2, -0.15) is 0 Å². The van der Waals surface area contributed by atoms with Gasteiger partial charge in [-0.05, 0) is 63.1 Å². The lowest BCUT2D eigenvalue weighted by molar-refractivity contribution is -0.120. The third-order valence-corrected chi connectivity index (χ3v) is 4.12. The van der Waals surface area contributed by atoms with Crippen LogP contribution in [0.1, 0.15) is 46.9 Å². The predicted molar refractivity (Wildman–Crippen MR) is 102 cm³/mol. The summed E-state index contributed by atoms with van der Waals surface area (Å²) in [5.74, 6) is 0.199. The normalized spacial score (nSPS) is 11.5. The Balaban J connectivity index is 1.87. The number of hydrogen-bond acceptors (Lipinski definition) is 3. The molecule has 0 saturated carbocycles. The number of nitrogens with one attached hydrogen (secondary N) is 2. The minimum atomic E-state index is -0.289. The van der Waals surface area contributed by atoms with Crippen molar-refractivity contribution in [1.29, 1.82) is 0 Å². The van der Waals surface area contributed by atoms with Crippen LogP contribution in [0.4, 0.5) is 0 Å². The summed E-state index contributed by atoms with van der Waals surface area (Å²) in [6.07, 6.45) is 0. The molecule has 5 heteroatoms. The van der Waals surface area contributed by atoms with Gasteiger partial charge in [-0.3, -0.25) is 9.59 Å². The van der Waals surface area contributed by atoms with Crippen molar-refractivity contribution in [3.63, 3.8) is 0 Å². The SMILES string of the molecule is CCOc1ccc(C(=O)NCC(=O)NC(C)c2cc(C)ccc2C)cc1. The minimum Gasteiger partial charge on any atom is -0.494 e. The minimum absolute atomic E-state index is 0.0682. The fourth-order valence-electron chi connectivity index (χ4n) is 2.73. The molecule has 1 atom stereocenters. The molecular formula is C21H26N2O3. The standard InChI is InChI=1S/C21H26N2O3/c1-5-26-18-10-8-17(9-11-18)21(25)22-13-20(24)23-16(4)19-12-14(2)6-7-15(19)3/h6-12,16H,5,13H2,1-4H3,(H,22,25)(H,23,24). The van der Waals surface area contributed by atoms with Gasteiger partial charge in [0, 0.05) is 5.56 Å². The monoisotopic (exact) mass is 354 g/mol. The van der Waals surface area contributed by atoms with Gasteiger partial charge >= 0.3 is 0 Å². The lowest BCUT2D eigenvalue weighted by atomic mass is 10.00. The Morgan fingerprint density at radius 3 is 2.42 bits per heavy atom. The number of hydrogen-bond donors (Lipinski definition) is 2. The number of rotatable bonds is 7. The van der Waals surface area contributed by atoms with Crippen molar-refractivity contribution in [2.24, 2.45) is 0 Å². The molecule has 0 spiro atoms. The smallest absolute Gasteiger partial charge is 0.251 e. The number of ether oxygens (including phenoxy) is 1. The summed E-state index contributed by atoms with van der Waals surface area (Å²) < 4.78 is 5.35. The van der Waals surface area contributed by atoms with Crippen LogP contribution >= 0.6 is 0 Å². The summed E-state index contributed by atoms with van der Waals surface area (Å²) in [4.78, 5) is 24.3. The van der Waals surface area contributed by atoms with Crippen LogP contribution in [-0.4, -0.2) is 25.0 Å². The highest BCUT2D eigenvalue weighted by Crippen LogP contribution is 2.18. The average Bonchev–Trinajstić information content (AvgIpc) is 2.62. The number of benzene rings is 2. The molecule has 0 bridgehead atoms. The van der Waals surface area contributed by atoms with Gasteiger partial charge in [0.1, 0.15) is 5.75 Å². The van der Waals surface area contributed by atoms with Gasteiger partial charge in [-0.1, -0.05) is 23.8 Å². The number of amides is 2. The third-order valence-electron chi connectivity index (χ3n) is 4.12. The molecule has 138 valence electrons. The molecule has 26 heavy (non-hydrogen) atoms. The Morgan fingerprint density at radius 2 is 1.77 bits per heavy atom. The van der Waals surface area contributed by atoms with Crippen LogP contribution in [0.25, 0.3) is 0 Å². The van der Waals surface area contributed by atoms with E-state index in [1.165, 1.54) is 0 Å². The molecule has 2 aromatic carbocycles. The summed E-state index contributed by atoms with van der Waals surface area (Å²) in [5.41, 5.74) is 3.84. The van der Waals surface area contributed by atoms with Crippen molar-refractivity contribution in [1.82, 2.24) is 10.6 Å². The van der Waals surface area contributed by atoms with Gasteiger partial charge in [-0.25, -0.2) is 0 Å². The zero-order valence-electron chi connectivity index (χ0n) is 15.8. The van der Waals surface area contributed by atoms with Crippen molar-refractivity contribution in [2.45, 2.75) is 33.7 Å². The van der Waals surface area contributed by atoms with Crippen molar-refractivity contribution < 1.29 is 14.3 Å². The highest BCUT2D eigenvalue weighted by molar-refractivity contribution is 5.96. The maximum atomic E-state index is 12.2. The van der Waals surface area contributed by atoms with Crippen LogP contribution in [0.2, 0.25) is 0 Å². The van der Waals surface area contributed by atoms with Crippen molar-refractivity contribution in [2.75, 3.05) is 13.2 Å². The van der Waals surface area contributed by atoms with Gasteiger partial charge in [0.05, 0.1) is 19.2 Å². The van der Waals surface area contributed by atoms with Gasteiger partial charge in [0.2, 0.25) is 5.91 Å². The van der Waals surface area contributed by atoms with E-state index >= 15 is 0 Å². The van der Waals surface area contributed by atoms with E-state index in [0.717, 1.165) is 16.7 Å². The van der Waals surface area contributed by atoms with E-state index in [-0.39, 0.29) is 24.4 Å². The van der Waals surface area contributed by atoms with E-state index in [1.807, 2.05) is 39.8 Å². The Bertz CT molecular complexity index is 769. The first-order chi connectivity index (χ1) is 12.4. The molecule has 2 N–H and O–H groups in total. The highest BCUT2D eigenvalue weighted by atomic mass is 16.5. The maximum absolute atomic E-state index is 12.2. The van der Waals surface area contributed by atoms with Crippen molar-refractivity contribution >= 4 is 11.8 Å². The van der Waals surface area contributed by atoms with E-state index in [2.05, 4.69) is 16.7 Å². The molecule has 0 radical (unpaired) electrons. The first-order valence-corrected chi connectivity index (χ1v) is 8.78. The molecular weight excluding hydrogens is 328 g/mol. The Kier molecular flexibility index (Phi) is 6.78. The van der Waals surface area contributed by atoms with Crippen molar-refractivity contribution in [3.05, 3.63) is 64.7 Å². The predicted octanol–water partition coefficient (Wildman–Crippen LogP) is 3.31. The van der Waals surface area contributed by atoms with Gasteiger partial charge < -0.3 is 15.4 Å². The molecule has 5 nitrogen and oxygen atoms in total. The lowest BCUT2D eigenvalue weighted by Gasteiger charge is -2.17. The fraction of sp³-hybridized carbons (Fsp3) is 0.333. The summed E-state index contributed by atoms with van der Waals surface area (Å²) in [7, 11) is 0. The van der Waals surface area contributed by atoms with Crippen LogP contribution < -0.4 is 15.4 Å². The van der Waals surface area contributed by atoms with Crippen molar-refractivity contribution in [3.8, 4) is 5.75 Å². The zero-order valence-corrected chi connectivity index (χ0v) is 15.8. The highest BCUT2D eigenvalue weighted by Gasteiger charge is 2.13. The summed E-state index contributed by atoms with van der Waals surface area (Å²) >= 11 is 0. The fourth-order valence-corrected chi connectivity index (χ4v) is 2.73. The van der Waals surface area contributed by atoms with Gasteiger partial charge in [-0.15, -0.1) is 0 Å². The Morgan fingerprint density at radius 1 is 1.08 bits per heavy atom. The zero-order chi connectivity index (χ0) is 19.1. The van der Waals surface area contributed by atoms with Crippen LogP contribution in [0.3, 0.4) is 0 Å². The van der Waals surface area contributed by atoms with E-state index in [4.69, 9.17) is 4.74 Å². The van der Waals surface area contributed by atoms with E-state index in [9.17, 15) is 9.59 Å². The molecule has 0 aliphatic heterocycles. The lowest BCUT2D eigenvalue weighted by Crippen LogP contribution is -2.38. The number of aryl methyl sites for hydroxylation is 2. The summed E-state index contributed by atoms with van der Waals surface area (Å²) in [5, 5.41) is 5.56. The Labute approximate surface area is 154 Å². The molecule has 0 aliphatic rings. The summed E-state index contributed by atoms with van der Waals surface area (Å²) in [6, 6.07) is 12.9. The molecule has 0 saturated heterocycles. The molecule has 0 aromatic heterocycles. The van der Waals surface area contributed by atoms with Crippen LogP contribution in [0.5, 0.6) is 5.75 Å². The molecule has 2 rings (SSSR count).